The van der Waals surface area contributed by atoms with Crippen LogP contribution in [-0.2, 0) is 0 Å². The van der Waals surface area contributed by atoms with Crippen LogP contribution in [0.15, 0.2) is 18.3 Å². The molecule has 0 aliphatic carbocycles. The zero-order valence-corrected chi connectivity index (χ0v) is 7.54. The summed E-state index contributed by atoms with van der Waals surface area (Å²) >= 11 is 0. The fraction of sp³-hybridized carbons (Fsp3) is 0.444. The number of rotatable bonds is 2. The lowest BCUT2D eigenvalue weighted by Gasteiger charge is -2.12. The summed E-state index contributed by atoms with van der Waals surface area (Å²) in [6.07, 6.45) is -5.86. The number of hydrogen-bond donors (Lipinski definition) is 1. The van der Waals surface area contributed by atoms with Gasteiger partial charge in [-0.15, -0.1) is 0 Å². The van der Waals surface area contributed by atoms with Gasteiger partial charge < -0.3 is 5.11 Å². The zero-order chi connectivity index (χ0) is 10.8. The molecule has 0 amide bonds. The van der Waals surface area contributed by atoms with E-state index in [9.17, 15) is 18.3 Å². The number of aliphatic hydroxyl groups is 1. The number of halogens is 3. The van der Waals surface area contributed by atoms with Gasteiger partial charge in [0.2, 0.25) is 0 Å². The molecule has 0 fully saturated rings. The average molecular weight is 205 g/mol. The third-order valence-electron chi connectivity index (χ3n) is 1.74. The van der Waals surface area contributed by atoms with Crippen LogP contribution in [0.25, 0.3) is 0 Å². The van der Waals surface area contributed by atoms with Crippen LogP contribution < -0.4 is 0 Å². The molecule has 1 N–H and O–H groups in total. The monoisotopic (exact) mass is 205 g/mol. The quantitative estimate of drug-likeness (QED) is 0.804. The molecule has 2 nitrogen and oxygen atoms in total. The molecule has 1 atom stereocenters. The summed E-state index contributed by atoms with van der Waals surface area (Å²) in [4.78, 5) is 3.80. The van der Waals surface area contributed by atoms with Crippen LogP contribution in [0.1, 0.15) is 23.8 Å². The fourth-order valence-corrected chi connectivity index (χ4v) is 1.01. The van der Waals surface area contributed by atoms with Crippen molar-refractivity contribution < 1.29 is 18.3 Å². The highest BCUT2D eigenvalue weighted by Crippen LogP contribution is 2.28. The van der Waals surface area contributed by atoms with Crippen LogP contribution >= 0.6 is 0 Å². The summed E-state index contributed by atoms with van der Waals surface area (Å²) in [7, 11) is 0. The Morgan fingerprint density at radius 3 is 2.50 bits per heavy atom. The SMILES string of the molecule is Cc1ccc(C(O)CC(F)(F)F)cn1. The van der Waals surface area contributed by atoms with Crippen molar-refractivity contribution in [2.24, 2.45) is 0 Å². The topological polar surface area (TPSA) is 33.1 Å². The minimum Gasteiger partial charge on any atom is -0.388 e. The second-order valence-corrected chi connectivity index (χ2v) is 3.07. The lowest BCUT2D eigenvalue weighted by molar-refractivity contribution is -0.154. The van der Waals surface area contributed by atoms with Gasteiger partial charge in [-0.2, -0.15) is 13.2 Å². The number of hydrogen-bond acceptors (Lipinski definition) is 2. The minimum absolute atomic E-state index is 0.188. The van der Waals surface area contributed by atoms with E-state index in [1.807, 2.05) is 0 Å². The highest BCUT2D eigenvalue weighted by atomic mass is 19.4. The maximum atomic E-state index is 11.9. The maximum absolute atomic E-state index is 11.9. The van der Waals surface area contributed by atoms with E-state index in [1.165, 1.54) is 12.3 Å². The number of aromatic nitrogens is 1. The Labute approximate surface area is 79.4 Å². The smallest absolute Gasteiger partial charge is 0.388 e. The molecular weight excluding hydrogens is 195 g/mol. The maximum Gasteiger partial charge on any atom is 0.391 e. The molecule has 14 heavy (non-hydrogen) atoms. The molecule has 1 aromatic heterocycles. The largest absolute Gasteiger partial charge is 0.391 e. The average Bonchev–Trinajstić information content (AvgIpc) is 2.02. The van der Waals surface area contributed by atoms with E-state index >= 15 is 0 Å². The summed E-state index contributed by atoms with van der Waals surface area (Å²) in [5.74, 6) is 0. The first-order valence-corrected chi connectivity index (χ1v) is 4.06. The number of aryl methyl sites for hydroxylation is 1. The van der Waals surface area contributed by atoms with Gasteiger partial charge in [-0.25, -0.2) is 0 Å². The third-order valence-corrected chi connectivity index (χ3v) is 1.74. The number of pyridine rings is 1. The van der Waals surface area contributed by atoms with Crippen molar-refractivity contribution in [3.63, 3.8) is 0 Å². The molecule has 0 spiro atoms. The normalized spacial score (nSPS) is 14.1. The van der Waals surface area contributed by atoms with E-state index in [4.69, 9.17) is 0 Å². The van der Waals surface area contributed by atoms with Crippen molar-refractivity contribution in [3.8, 4) is 0 Å². The minimum atomic E-state index is -4.36. The lowest BCUT2D eigenvalue weighted by Crippen LogP contribution is -2.13. The van der Waals surface area contributed by atoms with Crippen LogP contribution in [0.3, 0.4) is 0 Å². The second kappa shape index (κ2) is 3.96. The Morgan fingerprint density at radius 2 is 2.07 bits per heavy atom. The lowest BCUT2D eigenvalue weighted by atomic mass is 10.1. The van der Waals surface area contributed by atoms with Crippen molar-refractivity contribution in [3.05, 3.63) is 29.6 Å². The van der Waals surface area contributed by atoms with Crippen molar-refractivity contribution in [2.45, 2.75) is 25.6 Å². The summed E-state index contributed by atoms with van der Waals surface area (Å²) in [6.45, 7) is 1.72. The molecule has 0 saturated heterocycles. The van der Waals surface area contributed by atoms with Crippen molar-refractivity contribution in [1.82, 2.24) is 4.98 Å². The molecule has 0 aliphatic heterocycles. The molecule has 78 valence electrons. The van der Waals surface area contributed by atoms with Crippen LogP contribution in [0.5, 0.6) is 0 Å². The standard InChI is InChI=1S/C9H10F3NO/c1-6-2-3-7(5-13-6)8(14)4-9(10,11)12/h2-3,5,8,14H,4H2,1H3. The highest BCUT2D eigenvalue weighted by Gasteiger charge is 2.31. The summed E-state index contributed by atoms with van der Waals surface area (Å²) in [5.41, 5.74) is 0.890. The summed E-state index contributed by atoms with van der Waals surface area (Å²) < 4.78 is 35.7. The first-order chi connectivity index (χ1) is 6.38. The number of alkyl halides is 3. The molecule has 1 aromatic rings. The van der Waals surface area contributed by atoms with Gasteiger partial charge in [0.1, 0.15) is 0 Å². The van der Waals surface area contributed by atoms with Gasteiger partial charge in [0.05, 0.1) is 12.5 Å². The van der Waals surface area contributed by atoms with E-state index < -0.39 is 18.7 Å². The Bertz CT molecular complexity index is 294. The Hall–Kier alpha value is -1.10. The third kappa shape index (κ3) is 3.33. The second-order valence-electron chi connectivity index (χ2n) is 3.07. The number of aliphatic hydroxyl groups excluding tert-OH is 1. The van der Waals surface area contributed by atoms with E-state index in [1.54, 1.807) is 13.0 Å². The van der Waals surface area contributed by atoms with Crippen LogP contribution in [0, 0.1) is 6.92 Å². The fourth-order valence-electron chi connectivity index (χ4n) is 1.01. The highest BCUT2D eigenvalue weighted by molar-refractivity contribution is 5.15. The Morgan fingerprint density at radius 1 is 1.43 bits per heavy atom. The molecule has 0 saturated carbocycles. The summed E-state index contributed by atoms with van der Waals surface area (Å²) in [5, 5.41) is 9.19. The molecule has 0 aromatic carbocycles. The zero-order valence-electron chi connectivity index (χ0n) is 7.54. The van der Waals surface area contributed by atoms with Gasteiger partial charge in [-0.1, -0.05) is 6.07 Å². The van der Waals surface area contributed by atoms with Crippen LogP contribution in [0.4, 0.5) is 13.2 Å². The van der Waals surface area contributed by atoms with Gasteiger partial charge in [0, 0.05) is 11.9 Å². The van der Waals surface area contributed by atoms with Gasteiger partial charge in [-0.3, -0.25) is 4.98 Å². The van der Waals surface area contributed by atoms with E-state index in [0.29, 0.717) is 5.69 Å². The van der Waals surface area contributed by atoms with E-state index in [-0.39, 0.29) is 5.56 Å². The number of nitrogens with zero attached hydrogens (tertiary/aromatic N) is 1. The molecular formula is C9H10F3NO. The Kier molecular flexibility index (Phi) is 3.10. The molecule has 0 aliphatic rings. The predicted molar refractivity (Wildman–Crippen MR) is 44.6 cm³/mol. The summed E-state index contributed by atoms with van der Waals surface area (Å²) in [6, 6.07) is 3.01. The van der Waals surface area contributed by atoms with Gasteiger partial charge in [-0.05, 0) is 18.6 Å². The predicted octanol–water partition coefficient (Wildman–Crippen LogP) is 2.38. The van der Waals surface area contributed by atoms with Gasteiger partial charge in [0.25, 0.3) is 0 Å². The van der Waals surface area contributed by atoms with E-state index in [0.717, 1.165) is 0 Å². The molecule has 1 heterocycles. The molecule has 0 bridgehead atoms. The first kappa shape index (κ1) is 11.0. The Balaban J connectivity index is 2.70. The van der Waals surface area contributed by atoms with Gasteiger partial charge >= 0.3 is 6.18 Å². The van der Waals surface area contributed by atoms with Crippen LogP contribution in [-0.4, -0.2) is 16.3 Å². The molecule has 1 rings (SSSR count). The van der Waals surface area contributed by atoms with Crippen molar-refractivity contribution in [1.29, 1.82) is 0 Å². The first-order valence-electron chi connectivity index (χ1n) is 4.06. The van der Waals surface area contributed by atoms with Gasteiger partial charge in [0.15, 0.2) is 0 Å². The molecule has 0 radical (unpaired) electrons. The van der Waals surface area contributed by atoms with E-state index in [2.05, 4.69) is 4.98 Å². The molecule has 1 unspecified atom stereocenters. The van der Waals surface area contributed by atoms with Crippen molar-refractivity contribution in [2.75, 3.05) is 0 Å². The van der Waals surface area contributed by atoms with Crippen molar-refractivity contribution >= 4 is 0 Å². The molecule has 5 heteroatoms. The van der Waals surface area contributed by atoms with Crippen LogP contribution in [0.2, 0.25) is 0 Å².